The summed E-state index contributed by atoms with van der Waals surface area (Å²) >= 11 is 1.68. The molecule has 2 N–H and O–H groups in total. The fourth-order valence-electron chi connectivity index (χ4n) is 4.31. The van der Waals surface area contributed by atoms with Crippen molar-refractivity contribution in [2.45, 2.75) is 44.7 Å². The molecular weight excluding hydrogens is 396 g/mol. The molecule has 8 heteroatoms. The van der Waals surface area contributed by atoms with E-state index in [4.69, 9.17) is 9.97 Å². The van der Waals surface area contributed by atoms with Gasteiger partial charge in [0.1, 0.15) is 11.6 Å². The van der Waals surface area contributed by atoms with Gasteiger partial charge in [0.25, 0.3) is 0 Å². The van der Waals surface area contributed by atoms with Gasteiger partial charge in [0.2, 0.25) is 5.91 Å². The Hall–Kier alpha value is -2.58. The van der Waals surface area contributed by atoms with Gasteiger partial charge >= 0.3 is 0 Å². The third kappa shape index (κ3) is 3.77. The monoisotopic (exact) mass is 422 g/mol. The summed E-state index contributed by atoms with van der Waals surface area (Å²) in [7, 11) is 1.89. The van der Waals surface area contributed by atoms with Crippen molar-refractivity contribution in [3.8, 4) is 0 Å². The summed E-state index contributed by atoms with van der Waals surface area (Å²) in [5, 5.41) is 7.73. The van der Waals surface area contributed by atoms with Crippen molar-refractivity contribution < 1.29 is 4.79 Å². The second kappa shape index (κ2) is 8.28. The van der Waals surface area contributed by atoms with Gasteiger partial charge in [-0.25, -0.2) is 15.0 Å². The number of aryl methyl sites for hydroxylation is 1. The SMILES string of the molecule is CNc1nc(C2CCCN2)nc2c1CN(C(=O)CCc1nc3ccccc3s1)CC2. The summed E-state index contributed by atoms with van der Waals surface area (Å²) in [6.07, 6.45) is 4.19. The largest absolute Gasteiger partial charge is 0.373 e. The number of fused-ring (bicyclic) bond motifs is 2. The minimum atomic E-state index is 0.170. The zero-order chi connectivity index (χ0) is 20.5. The van der Waals surface area contributed by atoms with Crippen molar-refractivity contribution >= 4 is 33.3 Å². The highest BCUT2D eigenvalue weighted by Crippen LogP contribution is 2.28. The van der Waals surface area contributed by atoms with E-state index in [2.05, 4.69) is 21.7 Å². The van der Waals surface area contributed by atoms with Crippen LogP contribution in [-0.2, 0) is 24.2 Å². The highest BCUT2D eigenvalue weighted by Gasteiger charge is 2.27. The van der Waals surface area contributed by atoms with Crippen molar-refractivity contribution in [1.82, 2.24) is 25.2 Å². The highest BCUT2D eigenvalue weighted by atomic mass is 32.1. The second-order valence-corrected chi connectivity index (χ2v) is 9.01. The standard InChI is InChI=1S/C22H26N6OS/c1-23-21-14-13-28(12-10-15(14)26-22(27-21)17-6-4-11-24-17)20(29)9-8-19-25-16-5-2-3-7-18(16)30-19/h2-3,5,7,17,24H,4,6,8-13H2,1H3,(H,23,26,27). The van der Waals surface area contributed by atoms with Gasteiger partial charge in [0, 0.05) is 38.4 Å². The van der Waals surface area contributed by atoms with Crippen LogP contribution in [0.3, 0.4) is 0 Å². The summed E-state index contributed by atoms with van der Waals surface area (Å²) in [6.45, 7) is 2.31. The maximum atomic E-state index is 12.9. The van der Waals surface area contributed by atoms with Crippen LogP contribution in [0.15, 0.2) is 24.3 Å². The van der Waals surface area contributed by atoms with Crippen molar-refractivity contribution in [2.75, 3.05) is 25.5 Å². The van der Waals surface area contributed by atoms with Crippen LogP contribution in [0, 0.1) is 0 Å². The predicted octanol–water partition coefficient (Wildman–Crippen LogP) is 3.07. The lowest BCUT2D eigenvalue weighted by molar-refractivity contribution is -0.132. The number of nitrogens with zero attached hydrogens (tertiary/aromatic N) is 4. The molecule has 1 unspecified atom stereocenters. The molecule has 30 heavy (non-hydrogen) atoms. The minimum absolute atomic E-state index is 0.170. The van der Waals surface area contributed by atoms with Crippen molar-refractivity contribution in [3.05, 3.63) is 46.4 Å². The van der Waals surface area contributed by atoms with Crippen LogP contribution in [0.5, 0.6) is 0 Å². The first kappa shape index (κ1) is 19.4. The number of amides is 1. The number of benzene rings is 1. The molecule has 156 valence electrons. The van der Waals surface area contributed by atoms with Crippen LogP contribution in [0.25, 0.3) is 10.2 Å². The number of thiazole rings is 1. The van der Waals surface area contributed by atoms with Gasteiger partial charge in [0.05, 0.1) is 33.5 Å². The maximum Gasteiger partial charge on any atom is 0.223 e. The highest BCUT2D eigenvalue weighted by molar-refractivity contribution is 7.18. The van der Waals surface area contributed by atoms with E-state index in [0.717, 1.165) is 59.2 Å². The fraction of sp³-hybridized carbons (Fsp3) is 0.455. The molecule has 0 aliphatic carbocycles. The Bertz CT molecular complexity index is 1020. The molecule has 2 aromatic heterocycles. The number of carbonyl (C=O) groups is 1. The molecule has 1 saturated heterocycles. The lowest BCUT2D eigenvalue weighted by Crippen LogP contribution is -2.37. The van der Waals surface area contributed by atoms with Crippen LogP contribution in [-0.4, -0.2) is 45.9 Å². The first-order valence-corrected chi connectivity index (χ1v) is 11.5. The van der Waals surface area contributed by atoms with Crippen molar-refractivity contribution in [1.29, 1.82) is 0 Å². The molecule has 4 heterocycles. The quantitative estimate of drug-likeness (QED) is 0.658. The summed E-state index contributed by atoms with van der Waals surface area (Å²) in [5.74, 6) is 1.90. The van der Waals surface area contributed by atoms with E-state index >= 15 is 0 Å². The molecule has 0 saturated carbocycles. The molecule has 7 nitrogen and oxygen atoms in total. The van der Waals surface area contributed by atoms with Gasteiger partial charge in [-0.1, -0.05) is 12.1 Å². The van der Waals surface area contributed by atoms with E-state index < -0.39 is 0 Å². The van der Waals surface area contributed by atoms with E-state index in [9.17, 15) is 4.79 Å². The summed E-state index contributed by atoms with van der Waals surface area (Å²) < 4.78 is 1.18. The summed E-state index contributed by atoms with van der Waals surface area (Å²) in [5.41, 5.74) is 3.15. The molecule has 0 radical (unpaired) electrons. The van der Waals surface area contributed by atoms with E-state index in [-0.39, 0.29) is 11.9 Å². The first-order chi connectivity index (χ1) is 14.7. The Balaban J connectivity index is 1.28. The van der Waals surface area contributed by atoms with Crippen LogP contribution in [0.4, 0.5) is 5.82 Å². The average molecular weight is 423 g/mol. The molecule has 0 spiro atoms. The number of hydrogen-bond donors (Lipinski definition) is 2. The normalized spacial score (nSPS) is 18.6. The van der Waals surface area contributed by atoms with E-state index in [1.165, 1.54) is 4.70 Å². The Morgan fingerprint density at radius 1 is 1.30 bits per heavy atom. The van der Waals surface area contributed by atoms with E-state index in [0.29, 0.717) is 25.9 Å². The molecular formula is C22H26N6OS. The minimum Gasteiger partial charge on any atom is -0.373 e. The molecule has 1 amide bonds. The maximum absolute atomic E-state index is 12.9. The Morgan fingerprint density at radius 2 is 2.20 bits per heavy atom. The predicted molar refractivity (Wildman–Crippen MR) is 119 cm³/mol. The Labute approximate surface area is 179 Å². The van der Waals surface area contributed by atoms with E-state index in [1.54, 1.807) is 11.3 Å². The van der Waals surface area contributed by atoms with Crippen LogP contribution in [0.1, 0.15) is 47.4 Å². The van der Waals surface area contributed by atoms with Gasteiger partial charge in [-0.3, -0.25) is 4.79 Å². The molecule has 2 aliphatic rings. The molecule has 1 aromatic carbocycles. The zero-order valence-corrected chi connectivity index (χ0v) is 18.0. The average Bonchev–Trinajstić information content (AvgIpc) is 3.46. The van der Waals surface area contributed by atoms with Crippen LogP contribution in [0.2, 0.25) is 0 Å². The Morgan fingerprint density at radius 3 is 3.00 bits per heavy atom. The number of para-hydroxylation sites is 1. The Kier molecular flexibility index (Phi) is 5.35. The molecule has 2 aliphatic heterocycles. The fourth-order valence-corrected chi connectivity index (χ4v) is 5.28. The number of rotatable bonds is 5. The van der Waals surface area contributed by atoms with Crippen molar-refractivity contribution in [2.24, 2.45) is 0 Å². The topological polar surface area (TPSA) is 83.0 Å². The third-order valence-corrected chi connectivity index (χ3v) is 7.03. The number of anilines is 1. The summed E-state index contributed by atoms with van der Waals surface area (Å²) in [6, 6.07) is 8.37. The smallest absolute Gasteiger partial charge is 0.223 e. The van der Waals surface area contributed by atoms with Gasteiger partial charge in [-0.05, 0) is 31.5 Å². The molecule has 5 rings (SSSR count). The molecule has 1 fully saturated rings. The number of carbonyl (C=O) groups excluding carboxylic acids is 1. The van der Waals surface area contributed by atoms with Crippen molar-refractivity contribution in [3.63, 3.8) is 0 Å². The number of hydrogen-bond acceptors (Lipinski definition) is 7. The van der Waals surface area contributed by atoms with Gasteiger partial charge < -0.3 is 15.5 Å². The van der Waals surface area contributed by atoms with E-state index in [1.807, 2.05) is 30.1 Å². The zero-order valence-electron chi connectivity index (χ0n) is 17.1. The number of aromatic nitrogens is 3. The lowest BCUT2D eigenvalue weighted by Gasteiger charge is -2.30. The summed E-state index contributed by atoms with van der Waals surface area (Å²) in [4.78, 5) is 29.1. The third-order valence-electron chi connectivity index (χ3n) is 5.93. The molecule has 3 aromatic rings. The van der Waals surface area contributed by atoms with Gasteiger partial charge in [-0.2, -0.15) is 0 Å². The number of nitrogens with one attached hydrogen (secondary N) is 2. The van der Waals surface area contributed by atoms with Crippen LogP contribution < -0.4 is 10.6 Å². The lowest BCUT2D eigenvalue weighted by atomic mass is 10.0. The molecule has 1 atom stereocenters. The first-order valence-electron chi connectivity index (χ1n) is 10.6. The van der Waals surface area contributed by atoms with Crippen LogP contribution >= 0.6 is 11.3 Å². The molecule has 0 bridgehead atoms. The second-order valence-electron chi connectivity index (χ2n) is 7.90. The van der Waals surface area contributed by atoms with Gasteiger partial charge in [-0.15, -0.1) is 11.3 Å². The van der Waals surface area contributed by atoms with Gasteiger partial charge in [0.15, 0.2) is 0 Å².